The third-order valence-electron chi connectivity index (χ3n) is 4.03. The van der Waals surface area contributed by atoms with Gasteiger partial charge in [0.25, 0.3) is 0 Å². The molecule has 2 aromatic rings. The molecule has 3 heteroatoms. The van der Waals surface area contributed by atoms with Crippen LogP contribution >= 0.6 is 0 Å². The maximum atomic E-state index is 12.2. The van der Waals surface area contributed by atoms with Crippen molar-refractivity contribution < 1.29 is 14.4 Å². The molecule has 0 radical (unpaired) electrons. The zero-order valence-corrected chi connectivity index (χ0v) is 12.6. The topological polar surface area (TPSA) is 51.2 Å². The molecule has 1 aliphatic carbocycles. The first-order valence-electron chi connectivity index (χ1n) is 7.60. The second-order valence-electron chi connectivity index (χ2n) is 5.58. The Morgan fingerprint density at radius 1 is 0.870 bits per heavy atom. The lowest BCUT2D eigenvalue weighted by Crippen LogP contribution is -2.16. The summed E-state index contributed by atoms with van der Waals surface area (Å²) < 4.78 is 0. The van der Waals surface area contributed by atoms with E-state index >= 15 is 0 Å². The number of fused-ring (bicyclic) bond motifs is 1. The monoisotopic (exact) mass is 304 g/mol. The minimum Gasteiger partial charge on any atom is -0.295 e. The van der Waals surface area contributed by atoms with Crippen molar-refractivity contribution in [2.45, 2.75) is 12.8 Å². The van der Waals surface area contributed by atoms with E-state index in [1.54, 1.807) is 30.3 Å². The van der Waals surface area contributed by atoms with Crippen molar-refractivity contribution in [2.75, 3.05) is 0 Å². The molecule has 0 saturated heterocycles. The molecule has 3 nitrogen and oxygen atoms in total. The number of hydrogen-bond donors (Lipinski definition) is 0. The van der Waals surface area contributed by atoms with Crippen LogP contribution < -0.4 is 0 Å². The largest absolute Gasteiger partial charge is 0.295 e. The van der Waals surface area contributed by atoms with Crippen LogP contribution in [-0.2, 0) is 4.79 Å². The van der Waals surface area contributed by atoms with E-state index in [2.05, 4.69) is 0 Å². The highest BCUT2D eigenvalue weighted by atomic mass is 16.2. The van der Waals surface area contributed by atoms with Crippen LogP contribution in [0.4, 0.5) is 0 Å². The van der Waals surface area contributed by atoms with Crippen LogP contribution in [0.15, 0.2) is 60.7 Å². The van der Waals surface area contributed by atoms with Gasteiger partial charge in [0.05, 0.1) is 5.92 Å². The van der Waals surface area contributed by atoms with E-state index in [-0.39, 0.29) is 30.2 Å². The zero-order valence-electron chi connectivity index (χ0n) is 12.6. The maximum absolute atomic E-state index is 12.2. The minimum absolute atomic E-state index is 0.0783. The summed E-state index contributed by atoms with van der Waals surface area (Å²) in [4.78, 5) is 36.4. The average Bonchev–Trinajstić information content (AvgIpc) is 2.83. The number of ketones is 3. The highest BCUT2D eigenvalue weighted by molar-refractivity contribution is 6.26. The predicted octanol–water partition coefficient (Wildman–Crippen LogP) is 3.74. The lowest BCUT2D eigenvalue weighted by Gasteiger charge is -2.04. The quantitative estimate of drug-likeness (QED) is 0.624. The van der Waals surface area contributed by atoms with Crippen molar-refractivity contribution in [3.63, 3.8) is 0 Å². The van der Waals surface area contributed by atoms with Crippen LogP contribution in [0.25, 0.3) is 6.08 Å². The Morgan fingerprint density at radius 2 is 1.43 bits per heavy atom. The predicted molar refractivity (Wildman–Crippen MR) is 88.3 cm³/mol. The smallest absolute Gasteiger partial charge is 0.174 e. The molecule has 1 aliphatic rings. The van der Waals surface area contributed by atoms with Crippen molar-refractivity contribution >= 4 is 23.4 Å². The minimum atomic E-state index is -0.707. The Morgan fingerprint density at radius 3 is 2.04 bits per heavy atom. The number of carbonyl (C=O) groups excluding carboxylic acids is 3. The number of hydrogen-bond acceptors (Lipinski definition) is 3. The lowest BCUT2D eigenvalue weighted by atomic mass is 9.96. The second-order valence-corrected chi connectivity index (χ2v) is 5.58. The summed E-state index contributed by atoms with van der Waals surface area (Å²) in [5, 5.41) is 0. The molecular weight excluding hydrogens is 288 g/mol. The van der Waals surface area contributed by atoms with Gasteiger partial charge in [-0.1, -0.05) is 60.7 Å². The third kappa shape index (κ3) is 3.19. The molecule has 0 unspecified atom stereocenters. The Labute approximate surface area is 134 Å². The number of Topliss-reactive ketones (excluding diaryl/α,β-unsaturated/α-hetero) is 2. The fourth-order valence-electron chi connectivity index (χ4n) is 2.79. The SMILES string of the molecule is O=C(/C=C/c1ccccc1)CCC1C(=O)c2ccccc2C1=O. The molecule has 3 rings (SSSR count). The van der Waals surface area contributed by atoms with Gasteiger partial charge in [0.15, 0.2) is 17.3 Å². The van der Waals surface area contributed by atoms with Crippen molar-refractivity contribution in [2.24, 2.45) is 5.92 Å². The van der Waals surface area contributed by atoms with Crippen LogP contribution in [0.3, 0.4) is 0 Å². The highest BCUT2D eigenvalue weighted by Gasteiger charge is 2.37. The molecule has 23 heavy (non-hydrogen) atoms. The maximum Gasteiger partial charge on any atom is 0.174 e. The summed E-state index contributed by atoms with van der Waals surface area (Å²) in [5.74, 6) is -1.11. The van der Waals surface area contributed by atoms with Crippen LogP contribution in [0.2, 0.25) is 0 Å². The van der Waals surface area contributed by atoms with Crippen molar-refractivity contribution in [3.05, 3.63) is 77.4 Å². The standard InChI is InChI=1S/C20H16O3/c21-15(11-10-14-6-2-1-3-7-14)12-13-18-19(22)16-8-4-5-9-17(16)20(18)23/h1-11,18H,12-13H2/b11-10+. The summed E-state index contributed by atoms with van der Waals surface area (Å²) >= 11 is 0. The van der Waals surface area contributed by atoms with Gasteiger partial charge < -0.3 is 0 Å². The molecule has 0 spiro atoms. The van der Waals surface area contributed by atoms with Crippen molar-refractivity contribution in [3.8, 4) is 0 Å². The Bertz CT molecular complexity index is 753. The zero-order chi connectivity index (χ0) is 16.2. The summed E-state index contributed by atoms with van der Waals surface area (Å²) in [6, 6.07) is 16.4. The van der Waals surface area contributed by atoms with E-state index in [1.807, 2.05) is 30.3 Å². The summed E-state index contributed by atoms with van der Waals surface area (Å²) in [6.07, 6.45) is 3.71. The number of benzene rings is 2. The van der Waals surface area contributed by atoms with Gasteiger partial charge in [0.2, 0.25) is 0 Å². The van der Waals surface area contributed by atoms with E-state index < -0.39 is 5.92 Å². The van der Waals surface area contributed by atoms with Gasteiger partial charge in [-0.15, -0.1) is 0 Å². The molecule has 0 saturated carbocycles. The van der Waals surface area contributed by atoms with Gasteiger partial charge >= 0.3 is 0 Å². The first kappa shape index (κ1) is 15.1. The number of allylic oxidation sites excluding steroid dienone is 1. The molecule has 0 atom stereocenters. The van der Waals surface area contributed by atoms with E-state index in [0.717, 1.165) is 5.56 Å². The van der Waals surface area contributed by atoms with Gasteiger partial charge in [-0.05, 0) is 18.1 Å². The fourth-order valence-corrected chi connectivity index (χ4v) is 2.79. The van der Waals surface area contributed by atoms with Gasteiger partial charge in [-0.2, -0.15) is 0 Å². The van der Waals surface area contributed by atoms with Crippen molar-refractivity contribution in [1.29, 1.82) is 0 Å². The first-order valence-corrected chi connectivity index (χ1v) is 7.60. The van der Waals surface area contributed by atoms with E-state index in [0.29, 0.717) is 11.1 Å². The Kier molecular flexibility index (Phi) is 4.29. The van der Waals surface area contributed by atoms with Crippen LogP contribution in [-0.4, -0.2) is 17.3 Å². The van der Waals surface area contributed by atoms with Gasteiger partial charge in [0, 0.05) is 17.5 Å². The molecule has 0 aliphatic heterocycles. The summed E-state index contributed by atoms with van der Waals surface area (Å²) in [7, 11) is 0. The van der Waals surface area contributed by atoms with Gasteiger partial charge in [-0.25, -0.2) is 0 Å². The van der Waals surface area contributed by atoms with E-state index in [1.165, 1.54) is 6.08 Å². The van der Waals surface area contributed by atoms with Gasteiger partial charge in [-0.3, -0.25) is 14.4 Å². The first-order chi connectivity index (χ1) is 11.2. The summed E-state index contributed by atoms with van der Waals surface area (Å²) in [6.45, 7) is 0. The lowest BCUT2D eigenvalue weighted by molar-refractivity contribution is -0.114. The van der Waals surface area contributed by atoms with Crippen LogP contribution in [0.1, 0.15) is 39.1 Å². The van der Waals surface area contributed by atoms with Crippen molar-refractivity contribution in [1.82, 2.24) is 0 Å². The number of carbonyl (C=O) groups is 3. The fraction of sp³-hybridized carbons (Fsp3) is 0.150. The van der Waals surface area contributed by atoms with Gasteiger partial charge in [0.1, 0.15) is 0 Å². The molecule has 0 bridgehead atoms. The third-order valence-corrected chi connectivity index (χ3v) is 4.03. The molecule has 0 amide bonds. The highest BCUT2D eigenvalue weighted by Crippen LogP contribution is 2.29. The molecule has 0 N–H and O–H groups in total. The Balaban J connectivity index is 1.61. The molecule has 0 heterocycles. The summed E-state index contributed by atoms with van der Waals surface area (Å²) in [5.41, 5.74) is 1.91. The van der Waals surface area contributed by atoms with Crippen LogP contribution in [0.5, 0.6) is 0 Å². The second kappa shape index (κ2) is 6.53. The number of rotatable bonds is 5. The van der Waals surface area contributed by atoms with E-state index in [9.17, 15) is 14.4 Å². The Hall–Kier alpha value is -2.81. The molecular formula is C20H16O3. The molecule has 0 fully saturated rings. The molecule has 114 valence electrons. The molecule has 0 aromatic heterocycles. The molecule has 2 aromatic carbocycles. The average molecular weight is 304 g/mol. The normalized spacial score (nSPS) is 14.4. The van der Waals surface area contributed by atoms with E-state index in [4.69, 9.17) is 0 Å². The van der Waals surface area contributed by atoms with Crippen LogP contribution in [0, 0.1) is 5.92 Å².